The molecule has 0 fully saturated rings. The van der Waals surface area contributed by atoms with Crippen LogP contribution in [-0.4, -0.2) is 17.4 Å². The quantitative estimate of drug-likeness (QED) is 0.829. The minimum atomic E-state index is -0.170. The van der Waals surface area contributed by atoms with Gasteiger partial charge in [0.15, 0.2) is 0 Å². The van der Waals surface area contributed by atoms with Gasteiger partial charge < -0.3 is 11.1 Å². The lowest BCUT2D eigenvalue weighted by molar-refractivity contribution is 0.102. The summed E-state index contributed by atoms with van der Waals surface area (Å²) < 4.78 is 0. The van der Waals surface area contributed by atoms with Crippen molar-refractivity contribution in [3.8, 4) is 11.8 Å². The van der Waals surface area contributed by atoms with E-state index in [1.807, 2.05) is 26.0 Å². The van der Waals surface area contributed by atoms with Crippen molar-refractivity contribution in [2.45, 2.75) is 13.8 Å². The Bertz CT molecular complexity index is 726. The second-order valence-electron chi connectivity index (χ2n) is 4.68. The summed E-state index contributed by atoms with van der Waals surface area (Å²) in [5, 5.41) is 2.85. The number of aromatic nitrogens is 1. The molecule has 0 bridgehead atoms. The lowest BCUT2D eigenvalue weighted by Gasteiger charge is -2.07. The number of rotatable bonds is 2. The van der Waals surface area contributed by atoms with Crippen LogP contribution in [0.1, 0.15) is 27.2 Å². The minimum Gasteiger partial charge on any atom is -0.322 e. The van der Waals surface area contributed by atoms with Crippen LogP contribution < -0.4 is 11.1 Å². The van der Waals surface area contributed by atoms with Crippen LogP contribution >= 0.6 is 0 Å². The maximum absolute atomic E-state index is 12.3. The van der Waals surface area contributed by atoms with Gasteiger partial charge in [0.25, 0.3) is 5.91 Å². The van der Waals surface area contributed by atoms with Gasteiger partial charge in [0.2, 0.25) is 0 Å². The molecular formula is C17H17N3O. The molecule has 0 aliphatic carbocycles. The second-order valence-corrected chi connectivity index (χ2v) is 4.68. The Labute approximate surface area is 124 Å². The zero-order chi connectivity index (χ0) is 15.2. The molecule has 0 spiro atoms. The summed E-state index contributed by atoms with van der Waals surface area (Å²) >= 11 is 0. The van der Waals surface area contributed by atoms with Crippen molar-refractivity contribution in [1.82, 2.24) is 4.98 Å². The first-order chi connectivity index (χ1) is 10.1. The van der Waals surface area contributed by atoms with Gasteiger partial charge in [-0.15, -0.1) is 0 Å². The number of nitrogens with one attached hydrogen (secondary N) is 1. The van der Waals surface area contributed by atoms with Crippen molar-refractivity contribution in [2.75, 3.05) is 11.9 Å². The van der Waals surface area contributed by atoms with Crippen molar-refractivity contribution in [3.05, 3.63) is 58.9 Å². The van der Waals surface area contributed by atoms with Crippen LogP contribution in [0.3, 0.4) is 0 Å². The molecule has 1 aromatic heterocycles. The van der Waals surface area contributed by atoms with Crippen molar-refractivity contribution in [3.63, 3.8) is 0 Å². The number of hydrogen-bond acceptors (Lipinski definition) is 3. The average Bonchev–Trinajstić information content (AvgIpc) is 2.46. The Morgan fingerprint density at radius 1 is 1.29 bits per heavy atom. The molecule has 0 unspecified atom stereocenters. The molecule has 1 heterocycles. The van der Waals surface area contributed by atoms with E-state index in [1.165, 1.54) is 0 Å². The van der Waals surface area contributed by atoms with Crippen LogP contribution in [0.4, 0.5) is 5.69 Å². The molecule has 0 atom stereocenters. The van der Waals surface area contributed by atoms with E-state index >= 15 is 0 Å². The molecule has 0 saturated heterocycles. The summed E-state index contributed by atoms with van der Waals surface area (Å²) in [5.41, 5.74) is 9.36. The summed E-state index contributed by atoms with van der Waals surface area (Å²) in [6, 6.07) is 9.02. The number of carbonyl (C=O) groups excluding carboxylic acids is 1. The molecule has 1 aromatic carbocycles. The zero-order valence-electron chi connectivity index (χ0n) is 12.1. The number of anilines is 1. The standard InChI is InChI=1S/C17H17N3O/c1-12-5-6-15(11-14(12)4-3-8-18)17(21)20-16-7-9-19-13(2)10-16/h5-7,9-11H,8,18H2,1-2H3,(H,19,20,21). The lowest BCUT2D eigenvalue weighted by Crippen LogP contribution is -2.12. The van der Waals surface area contributed by atoms with Gasteiger partial charge in [-0.1, -0.05) is 17.9 Å². The van der Waals surface area contributed by atoms with Crippen molar-refractivity contribution < 1.29 is 4.79 Å². The van der Waals surface area contributed by atoms with E-state index in [0.29, 0.717) is 12.1 Å². The number of nitrogens with zero attached hydrogens (tertiary/aromatic N) is 1. The van der Waals surface area contributed by atoms with Crippen LogP contribution in [0, 0.1) is 25.7 Å². The fourth-order valence-corrected chi connectivity index (χ4v) is 1.87. The van der Waals surface area contributed by atoms with Gasteiger partial charge in [-0.2, -0.15) is 0 Å². The first-order valence-corrected chi connectivity index (χ1v) is 6.64. The van der Waals surface area contributed by atoms with Gasteiger partial charge >= 0.3 is 0 Å². The number of pyridine rings is 1. The van der Waals surface area contributed by atoms with Crippen LogP contribution in [-0.2, 0) is 0 Å². The largest absolute Gasteiger partial charge is 0.322 e. The molecule has 0 aliphatic rings. The highest BCUT2D eigenvalue weighted by Crippen LogP contribution is 2.13. The Morgan fingerprint density at radius 2 is 2.10 bits per heavy atom. The van der Waals surface area contributed by atoms with Crippen LogP contribution in [0.25, 0.3) is 0 Å². The SMILES string of the molecule is Cc1cc(NC(=O)c2ccc(C)c(C#CCN)c2)ccn1. The van der Waals surface area contributed by atoms with E-state index < -0.39 is 0 Å². The molecule has 0 saturated carbocycles. The third-order valence-electron chi connectivity index (χ3n) is 2.98. The second kappa shape index (κ2) is 6.69. The summed E-state index contributed by atoms with van der Waals surface area (Å²) in [6.45, 7) is 4.13. The van der Waals surface area contributed by atoms with E-state index in [-0.39, 0.29) is 5.91 Å². The molecule has 21 heavy (non-hydrogen) atoms. The zero-order valence-corrected chi connectivity index (χ0v) is 12.1. The predicted octanol–water partition coefficient (Wildman–Crippen LogP) is 2.26. The third-order valence-corrected chi connectivity index (χ3v) is 2.98. The van der Waals surface area contributed by atoms with Gasteiger partial charge in [-0.05, 0) is 43.7 Å². The van der Waals surface area contributed by atoms with Gasteiger partial charge in [0.1, 0.15) is 0 Å². The molecule has 0 aliphatic heterocycles. The smallest absolute Gasteiger partial charge is 0.255 e. The fourth-order valence-electron chi connectivity index (χ4n) is 1.87. The number of nitrogens with two attached hydrogens (primary N) is 1. The Morgan fingerprint density at radius 3 is 2.81 bits per heavy atom. The van der Waals surface area contributed by atoms with Gasteiger partial charge in [-0.25, -0.2) is 0 Å². The Hall–Kier alpha value is -2.64. The van der Waals surface area contributed by atoms with Crippen LogP contribution in [0.2, 0.25) is 0 Å². The first kappa shape index (κ1) is 14.8. The summed E-state index contributed by atoms with van der Waals surface area (Å²) in [6.07, 6.45) is 1.66. The van der Waals surface area contributed by atoms with Crippen molar-refractivity contribution in [1.29, 1.82) is 0 Å². The molecule has 2 rings (SSSR count). The predicted molar refractivity (Wildman–Crippen MR) is 84.0 cm³/mol. The molecule has 4 nitrogen and oxygen atoms in total. The molecular weight excluding hydrogens is 262 g/mol. The maximum atomic E-state index is 12.3. The number of aryl methyl sites for hydroxylation is 2. The van der Waals surface area contributed by atoms with Crippen LogP contribution in [0.5, 0.6) is 0 Å². The van der Waals surface area contributed by atoms with Gasteiger partial charge in [-0.3, -0.25) is 9.78 Å². The summed E-state index contributed by atoms with van der Waals surface area (Å²) in [7, 11) is 0. The van der Waals surface area contributed by atoms with Crippen LogP contribution in [0.15, 0.2) is 36.5 Å². The van der Waals surface area contributed by atoms with E-state index in [2.05, 4.69) is 22.1 Å². The fraction of sp³-hybridized carbons (Fsp3) is 0.176. The van der Waals surface area contributed by atoms with E-state index in [4.69, 9.17) is 5.73 Å². The topological polar surface area (TPSA) is 68.0 Å². The number of amides is 1. The molecule has 1 amide bonds. The number of carbonyl (C=O) groups is 1. The normalized spacial score (nSPS) is 9.67. The summed E-state index contributed by atoms with van der Waals surface area (Å²) in [5.74, 6) is 5.61. The van der Waals surface area contributed by atoms with Gasteiger partial charge in [0.05, 0.1) is 6.54 Å². The highest BCUT2D eigenvalue weighted by molar-refractivity contribution is 6.04. The minimum absolute atomic E-state index is 0.170. The number of benzene rings is 1. The Kier molecular flexibility index (Phi) is 4.70. The highest BCUT2D eigenvalue weighted by Gasteiger charge is 2.08. The molecule has 2 aromatic rings. The van der Waals surface area contributed by atoms with Gasteiger partial charge in [0, 0.05) is 28.7 Å². The average molecular weight is 279 g/mol. The first-order valence-electron chi connectivity index (χ1n) is 6.64. The highest BCUT2D eigenvalue weighted by atomic mass is 16.1. The van der Waals surface area contributed by atoms with Crippen molar-refractivity contribution >= 4 is 11.6 Å². The molecule has 0 radical (unpaired) electrons. The van der Waals surface area contributed by atoms with E-state index in [0.717, 1.165) is 22.5 Å². The van der Waals surface area contributed by atoms with Crippen molar-refractivity contribution in [2.24, 2.45) is 5.73 Å². The summed E-state index contributed by atoms with van der Waals surface area (Å²) in [4.78, 5) is 16.4. The molecule has 106 valence electrons. The number of hydrogen-bond donors (Lipinski definition) is 2. The van der Waals surface area contributed by atoms with E-state index in [9.17, 15) is 4.79 Å². The third kappa shape index (κ3) is 3.91. The molecule has 4 heteroatoms. The molecule has 3 N–H and O–H groups in total. The monoisotopic (exact) mass is 279 g/mol. The maximum Gasteiger partial charge on any atom is 0.255 e. The Balaban J connectivity index is 2.23. The lowest BCUT2D eigenvalue weighted by atomic mass is 10.0. The van der Waals surface area contributed by atoms with E-state index in [1.54, 1.807) is 24.4 Å².